The average Bonchev–Trinajstić information content (AvgIpc) is 3.32. The van der Waals surface area contributed by atoms with E-state index in [4.69, 9.17) is 4.74 Å². The quantitative estimate of drug-likeness (QED) is 0.279. The van der Waals surface area contributed by atoms with E-state index in [2.05, 4.69) is 15.6 Å². The number of carbonyl (C=O) groups excluding carboxylic acids is 2. The lowest BCUT2D eigenvalue weighted by atomic mass is 10.0. The third-order valence-corrected chi connectivity index (χ3v) is 6.43. The molecule has 0 aliphatic carbocycles. The predicted molar refractivity (Wildman–Crippen MR) is 142 cm³/mol. The molecule has 196 valence electrons. The van der Waals surface area contributed by atoms with Crippen molar-refractivity contribution in [3.63, 3.8) is 0 Å². The molecule has 0 fully saturated rings. The molecule has 0 radical (unpaired) electrons. The zero-order valence-corrected chi connectivity index (χ0v) is 22.2. The fourth-order valence-electron chi connectivity index (χ4n) is 3.62. The number of hydrogen-bond donors (Lipinski definition) is 2. The van der Waals surface area contributed by atoms with Gasteiger partial charge in [-0.3, -0.25) is 14.9 Å². The monoisotopic (exact) mass is 524 g/mol. The van der Waals surface area contributed by atoms with Crippen LogP contribution in [0.2, 0.25) is 0 Å². The molecule has 2 N–H and O–H groups in total. The van der Waals surface area contributed by atoms with Crippen LogP contribution in [0.3, 0.4) is 0 Å². The van der Waals surface area contributed by atoms with Gasteiger partial charge in [-0.25, -0.2) is 9.78 Å². The molecule has 9 nitrogen and oxygen atoms in total. The van der Waals surface area contributed by atoms with E-state index >= 15 is 0 Å². The van der Waals surface area contributed by atoms with Gasteiger partial charge in [-0.05, 0) is 44.7 Å². The van der Waals surface area contributed by atoms with Gasteiger partial charge in [-0.15, -0.1) is 11.3 Å². The SMILES string of the molecule is CCc1csc(C(Cc2ccc([N+](=O)[O-])cc2)NC(=O)C(Cc2ccccc2)NC(=O)OC(C)(C)C)n1. The molecule has 0 saturated carbocycles. The largest absolute Gasteiger partial charge is 0.444 e. The van der Waals surface area contributed by atoms with Crippen molar-refractivity contribution in [1.82, 2.24) is 15.6 Å². The van der Waals surface area contributed by atoms with Gasteiger partial charge < -0.3 is 15.4 Å². The summed E-state index contributed by atoms with van der Waals surface area (Å²) in [4.78, 5) is 41.4. The smallest absolute Gasteiger partial charge is 0.408 e. The van der Waals surface area contributed by atoms with Gasteiger partial charge in [-0.2, -0.15) is 0 Å². The Kier molecular flexibility index (Phi) is 9.35. The molecule has 0 aliphatic rings. The Balaban J connectivity index is 1.84. The van der Waals surface area contributed by atoms with Gasteiger partial charge in [0.2, 0.25) is 5.91 Å². The number of amides is 2. The molecule has 2 amide bonds. The van der Waals surface area contributed by atoms with Crippen LogP contribution in [0.25, 0.3) is 0 Å². The number of non-ortho nitro benzene ring substituents is 1. The van der Waals surface area contributed by atoms with E-state index in [1.807, 2.05) is 42.6 Å². The molecule has 0 saturated heterocycles. The second-order valence-electron chi connectivity index (χ2n) is 9.61. The van der Waals surface area contributed by atoms with Gasteiger partial charge in [0, 0.05) is 23.9 Å². The van der Waals surface area contributed by atoms with Crippen LogP contribution in [0.4, 0.5) is 10.5 Å². The zero-order chi connectivity index (χ0) is 27.0. The number of alkyl carbamates (subject to hydrolysis) is 1. The van der Waals surface area contributed by atoms with Crippen LogP contribution >= 0.6 is 11.3 Å². The topological polar surface area (TPSA) is 123 Å². The van der Waals surface area contributed by atoms with Crippen molar-refractivity contribution in [2.45, 2.75) is 64.6 Å². The lowest BCUT2D eigenvalue weighted by molar-refractivity contribution is -0.384. The summed E-state index contributed by atoms with van der Waals surface area (Å²) >= 11 is 1.44. The van der Waals surface area contributed by atoms with Crippen molar-refractivity contribution in [2.24, 2.45) is 0 Å². The second-order valence-corrected chi connectivity index (χ2v) is 10.5. The fraction of sp³-hybridized carbons (Fsp3) is 0.370. The minimum absolute atomic E-state index is 0.00339. The number of thiazole rings is 1. The van der Waals surface area contributed by atoms with Gasteiger partial charge in [0.05, 0.1) is 16.7 Å². The highest BCUT2D eigenvalue weighted by molar-refractivity contribution is 7.09. The van der Waals surface area contributed by atoms with Gasteiger partial charge in [0.15, 0.2) is 0 Å². The van der Waals surface area contributed by atoms with Gasteiger partial charge in [0.1, 0.15) is 16.7 Å². The van der Waals surface area contributed by atoms with Crippen molar-refractivity contribution in [1.29, 1.82) is 0 Å². The Morgan fingerprint density at radius 2 is 1.68 bits per heavy atom. The van der Waals surface area contributed by atoms with E-state index < -0.39 is 28.7 Å². The first kappa shape index (κ1) is 27.8. The minimum atomic E-state index is -0.887. The van der Waals surface area contributed by atoms with Gasteiger partial charge in [0.25, 0.3) is 5.69 Å². The number of aryl methyl sites for hydroxylation is 1. The molecule has 10 heteroatoms. The molecule has 1 aromatic heterocycles. The maximum Gasteiger partial charge on any atom is 0.408 e. The molecule has 0 spiro atoms. The molecule has 0 aliphatic heterocycles. The Labute approximate surface area is 220 Å². The van der Waals surface area contributed by atoms with Crippen molar-refractivity contribution in [2.75, 3.05) is 0 Å². The number of nitrogens with one attached hydrogen (secondary N) is 2. The third kappa shape index (κ3) is 8.68. The lowest BCUT2D eigenvalue weighted by Crippen LogP contribution is -2.50. The highest BCUT2D eigenvalue weighted by Crippen LogP contribution is 2.24. The van der Waals surface area contributed by atoms with Crippen molar-refractivity contribution in [3.8, 4) is 0 Å². The summed E-state index contributed by atoms with van der Waals surface area (Å²) in [6.45, 7) is 7.27. The van der Waals surface area contributed by atoms with Crippen molar-refractivity contribution in [3.05, 3.63) is 91.9 Å². The molecular formula is C27H32N4O5S. The normalized spacial score (nSPS) is 12.9. The van der Waals surface area contributed by atoms with Crippen molar-refractivity contribution >= 4 is 29.0 Å². The van der Waals surface area contributed by atoms with Crippen molar-refractivity contribution < 1.29 is 19.2 Å². The number of carbonyl (C=O) groups is 2. The predicted octanol–water partition coefficient (Wildman–Crippen LogP) is 5.15. The van der Waals surface area contributed by atoms with E-state index in [-0.39, 0.29) is 18.0 Å². The summed E-state index contributed by atoms with van der Waals surface area (Å²) in [5, 5.41) is 19.5. The number of rotatable bonds is 10. The first-order valence-electron chi connectivity index (χ1n) is 12.1. The molecule has 1 heterocycles. The number of nitro benzene ring substituents is 1. The number of nitro groups is 1. The van der Waals surface area contributed by atoms with Gasteiger partial charge in [-0.1, -0.05) is 49.4 Å². The number of benzene rings is 2. The molecule has 3 aromatic rings. The summed E-state index contributed by atoms with van der Waals surface area (Å²) in [7, 11) is 0. The molecule has 37 heavy (non-hydrogen) atoms. The molecule has 2 unspecified atom stereocenters. The Morgan fingerprint density at radius 1 is 1.03 bits per heavy atom. The van der Waals surface area contributed by atoms with E-state index in [1.54, 1.807) is 32.9 Å². The molecule has 2 atom stereocenters. The summed E-state index contributed by atoms with van der Waals surface area (Å²) < 4.78 is 5.39. The van der Waals surface area contributed by atoms with E-state index in [9.17, 15) is 19.7 Å². The Morgan fingerprint density at radius 3 is 2.24 bits per heavy atom. The van der Waals surface area contributed by atoms with Crippen LogP contribution in [-0.2, 0) is 28.8 Å². The summed E-state index contributed by atoms with van der Waals surface area (Å²) in [6.07, 6.45) is 0.725. The molecule has 3 rings (SSSR count). The summed E-state index contributed by atoms with van der Waals surface area (Å²) in [6, 6.07) is 14.3. The zero-order valence-electron chi connectivity index (χ0n) is 21.4. The minimum Gasteiger partial charge on any atom is -0.444 e. The standard InChI is InChI=1S/C27H32N4O5S/c1-5-20-17-37-25(28-20)23(16-19-11-13-21(14-12-19)31(34)35)29-24(32)22(15-18-9-7-6-8-10-18)30-26(33)36-27(2,3)4/h6-14,17,22-23H,5,15-16H2,1-4H3,(H,29,32)(H,30,33). The van der Waals surface area contributed by atoms with E-state index in [0.29, 0.717) is 6.42 Å². The lowest BCUT2D eigenvalue weighted by Gasteiger charge is -2.25. The molecular weight excluding hydrogens is 492 g/mol. The van der Waals surface area contributed by atoms with Crippen LogP contribution in [0, 0.1) is 10.1 Å². The number of hydrogen-bond acceptors (Lipinski definition) is 7. The number of aromatic nitrogens is 1. The first-order valence-corrected chi connectivity index (χ1v) is 12.9. The highest BCUT2D eigenvalue weighted by atomic mass is 32.1. The molecule has 2 aromatic carbocycles. The third-order valence-electron chi connectivity index (χ3n) is 5.42. The number of nitrogens with zero attached hydrogens (tertiary/aromatic N) is 2. The van der Waals surface area contributed by atoms with Crippen LogP contribution in [0.5, 0.6) is 0 Å². The Hall–Kier alpha value is -3.79. The highest BCUT2D eigenvalue weighted by Gasteiger charge is 2.28. The van der Waals surface area contributed by atoms with Crippen LogP contribution in [0.15, 0.2) is 60.0 Å². The first-order chi connectivity index (χ1) is 17.5. The van der Waals surface area contributed by atoms with Crippen LogP contribution < -0.4 is 10.6 Å². The maximum atomic E-state index is 13.5. The number of ether oxygens (including phenoxy) is 1. The Bertz CT molecular complexity index is 1210. The molecule has 0 bridgehead atoms. The van der Waals surface area contributed by atoms with Crippen LogP contribution in [0.1, 0.15) is 55.6 Å². The fourth-order valence-corrected chi connectivity index (χ4v) is 4.57. The van der Waals surface area contributed by atoms with E-state index in [0.717, 1.165) is 28.2 Å². The second kappa shape index (κ2) is 12.4. The average molecular weight is 525 g/mol. The maximum absolute atomic E-state index is 13.5. The summed E-state index contributed by atoms with van der Waals surface area (Å²) in [5.41, 5.74) is 1.89. The van der Waals surface area contributed by atoms with Crippen LogP contribution in [-0.4, -0.2) is 33.6 Å². The van der Waals surface area contributed by atoms with Gasteiger partial charge >= 0.3 is 6.09 Å². The van der Waals surface area contributed by atoms with E-state index in [1.165, 1.54) is 23.5 Å². The summed E-state index contributed by atoms with van der Waals surface area (Å²) in [5.74, 6) is -0.380.